The van der Waals surface area contributed by atoms with E-state index >= 15 is 0 Å². The molecular formula is C18H26ClN7. The van der Waals surface area contributed by atoms with Crippen LogP contribution in [0.5, 0.6) is 0 Å². The summed E-state index contributed by atoms with van der Waals surface area (Å²) < 4.78 is 0. The SMILES string of the molecule is NCCCNc1nc(Nc2ccc(CN3CCNCC3)cc2)ncc1Cl. The summed E-state index contributed by atoms with van der Waals surface area (Å²) in [6.45, 7) is 6.66. The van der Waals surface area contributed by atoms with E-state index in [9.17, 15) is 0 Å². The Morgan fingerprint density at radius 1 is 1.19 bits per heavy atom. The lowest BCUT2D eigenvalue weighted by Crippen LogP contribution is -2.42. The van der Waals surface area contributed by atoms with Gasteiger partial charge < -0.3 is 21.7 Å². The highest BCUT2D eigenvalue weighted by atomic mass is 35.5. The molecule has 8 heteroatoms. The first-order valence-electron chi connectivity index (χ1n) is 9.00. The minimum absolute atomic E-state index is 0.499. The molecule has 1 saturated heterocycles. The van der Waals surface area contributed by atoms with Gasteiger partial charge in [0.1, 0.15) is 10.8 Å². The molecule has 7 nitrogen and oxygen atoms in total. The number of nitrogens with one attached hydrogen (secondary N) is 3. The Morgan fingerprint density at radius 3 is 2.69 bits per heavy atom. The smallest absolute Gasteiger partial charge is 0.229 e. The molecule has 1 fully saturated rings. The molecule has 5 N–H and O–H groups in total. The van der Waals surface area contributed by atoms with Crippen molar-refractivity contribution in [2.45, 2.75) is 13.0 Å². The summed E-state index contributed by atoms with van der Waals surface area (Å²) in [6, 6.07) is 8.38. The zero-order chi connectivity index (χ0) is 18.2. The predicted molar refractivity (Wildman–Crippen MR) is 107 cm³/mol. The summed E-state index contributed by atoms with van der Waals surface area (Å²) in [4.78, 5) is 11.1. The Hall–Kier alpha value is -1.93. The minimum Gasteiger partial charge on any atom is -0.369 e. The molecule has 0 bridgehead atoms. The molecule has 26 heavy (non-hydrogen) atoms. The van der Waals surface area contributed by atoms with Gasteiger partial charge in [0.2, 0.25) is 5.95 Å². The standard InChI is InChI=1S/C18H26ClN7/c19-16-12-23-18(25-17(16)22-7-1-6-20)24-15-4-2-14(3-5-15)13-26-10-8-21-9-11-26/h2-5,12,21H,1,6-11,13,20H2,(H2,22,23,24,25). The molecular weight excluding hydrogens is 350 g/mol. The Kier molecular flexibility index (Phi) is 7.02. The number of nitrogens with two attached hydrogens (primary N) is 1. The molecule has 1 aromatic heterocycles. The fourth-order valence-electron chi connectivity index (χ4n) is 2.81. The topological polar surface area (TPSA) is 91.1 Å². The van der Waals surface area contributed by atoms with E-state index in [0.717, 1.165) is 51.4 Å². The van der Waals surface area contributed by atoms with Crippen molar-refractivity contribution in [3.05, 3.63) is 41.0 Å². The van der Waals surface area contributed by atoms with Crippen molar-refractivity contribution in [1.29, 1.82) is 0 Å². The number of halogens is 1. The van der Waals surface area contributed by atoms with Crippen molar-refractivity contribution in [1.82, 2.24) is 20.2 Å². The van der Waals surface area contributed by atoms with Gasteiger partial charge in [0.05, 0.1) is 6.20 Å². The first-order valence-corrected chi connectivity index (χ1v) is 9.38. The molecule has 0 unspecified atom stereocenters. The fraction of sp³-hybridized carbons (Fsp3) is 0.444. The van der Waals surface area contributed by atoms with Gasteiger partial charge in [-0.05, 0) is 30.7 Å². The van der Waals surface area contributed by atoms with Gasteiger partial charge in [-0.3, -0.25) is 4.90 Å². The summed E-state index contributed by atoms with van der Waals surface area (Å²) in [6.07, 6.45) is 2.46. The number of anilines is 3. The maximum Gasteiger partial charge on any atom is 0.229 e. The summed E-state index contributed by atoms with van der Waals surface area (Å²) in [7, 11) is 0. The van der Waals surface area contributed by atoms with Gasteiger partial charge in [-0.2, -0.15) is 4.98 Å². The lowest BCUT2D eigenvalue weighted by Gasteiger charge is -2.27. The maximum atomic E-state index is 6.14. The van der Waals surface area contributed by atoms with Gasteiger partial charge in [-0.15, -0.1) is 0 Å². The lowest BCUT2D eigenvalue weighted by molar-refractivity contribution is 0.233. The van der Waals surface area contributed by atoms with Gasteiger partial charge >= 0.3 is 0 Å². The number of hydrogen-bond donors (Lipinski definition) is 4. The normalized spacial score (nSPS) is 15.0. The van der Waals surface area contributed by atoms with Crippen molar-refractivity contribution in [3.8, 4) is 0 Å². The average molecular weight is 376 g/mol. The molecule has 2 heterocycles. The van der Waals surface area contributed by atoms with E-state index in [0.29, 0.717) is 23.3 Å². The van der Waals surface area contributed by atoms with E-state index in [-0.39, 0.29) is 0 Å². The first kappa shape index (κ1) is 18.8. The van der Waals surface area contributed by atoms with Crippen molar-refractivity contribution >= 4 is 29.1 Å². The van der Waals surface area contributed by atoms with Crippen LogP contribution in [0.25, 0.3) is 0 Å². The van der Waals surface area contributed by atoms with E-state index in [1.54, 1.807) is 6.20 Å². The molecule has 0 atom stereocenters. The Morgan fingerprint density at radius 2 is 1.96 bits per heavy atom. The highest BCUT2D eigenvalue weighted by molar-refractivity contribution is 6.32. The highest BCUT2D eigenvalue weighted by Gasteiger charge is 2.10. The number of rotatable bonds is 8. The van der Waals surface area contributed by atoms with Gasteiger partial charge in [-0.25, -0.2) is 4.98 Å². The third-order valence-electron chi connectivity index (χ3n) is 4.24. The summed E-state index contributed by atoms with van der Waals surface area (Å²) in [5.41, 5.74) is 7.76. The van der Waals surface area contributed by atoms with Crippen molar-refractivity contribution < 1.29 is 0 Å². The molecule has 1 aliphatic rings. The van der Waals surface area contributed by atoms with E-state index < -0.39 is 0 Å². The third-order valence-corrected chi connectivity index (χ3v) is 4.52. The van der Waals surface area contributed by atoms with Gasteiger partial charge in [-0.1, -0.05) is 23.7 Å². The predicted octanol–water partition coefficient (Wildman–Crippen LogP) is 2.04. The van der Waals surface area contributed by atoms with Gasteiger partial charge in [0.15, 0.2) is 0 Å². The number of piperazine rings is 1. The second-order valence-corrected chi connectivity index (χ2v) is 6.71. The van der Waals surface area contributed by atoms with Crippen LogP contribution in [-0.4, -0.2) is 54.1 Å². The van der Waals surface area contributed by atoms with Crippen LogP contribution in [0.3, 0.4) is 0 Å². The van der Waals surface area contributed by atoms with Crippen LogP contribution in [0, 0.1) is 0 Å². The van der Waals surface area contributed by atoms with Crippen LogP contribution in [0.4, 0.5) is 17.5 Å². The van der Waals surface area contributed by atoms with E-state index in [2.05, 4.69) is 55.1 Å². The number of aromatic nitrogens is 2. The fourth-order valence-corrected chi connectivity index (χ4v) is 2.97. The Bertz CT molecular complexity index is 686. The molecule has 0 saturated carbocycles. The monoisotopic (exact) mass is 375 g/mol. The number of benzene rings is 1. The number of hydrogen-bond acceptors (Lipinski definition) is 7. The maximum absolute atomic E-state index is 6.14. The Balaban J connectivity index is 1.58. The minimum atomic E-state index is 0.499. The van der Waals surface area contributed by atoms with Crippen molar-refractivity contribution in [3.63, 3.8) is 0 Å². The summed E-state index contributed by atoms with van der Waals surface area (Å²) in [5.74, 6) is 1.13. The molecule has 1 aliphatic heterocycles. The number of nitrogens with zero attached hydrogens (tertiary/aromatic N) is 3. The molecule has 0 spiro atoms. The van der Waals surface area contributed by atoms with Crippen molar-refractivity contribution in [2.24, 2.45) is 5.73 Å². The van der Waals surface area contributed by atoms with Crippen LogP contribution in [0.2, 0.25) is 5.02 Å². The van der Waals surface area contributed by atoms with Crippen LogP contribution in [0.15, 0.2) is 30.5 Å². The molecule has 1 aromatic carbocycles. The average Bonchev–Trinajstić information content (AvgIpc) is 2.67. The summed E-state index contributed by atoms with van der Waals surface area (Å²) in [5, 5.41) is 10.3. The zero-order valence-electron chi connectivity index (χ0n) is 14.8. The molecule has 0 radical (unpaired) electrons. The quantitative estimate of drug-likeness (QED) is 0.525. The van der Waals surface area contributed by atoms with Gasteiger partial charge in [0.25, 0.3) is 0 Å². The van der Waals surface area contributed by atoms with Crippen LogP contribution >= 0.6 is 11.6 Å². The molecule has 0 aliphatic carbocycles. The highest BCUT2D eigenvalue weighted by Crippen LogP contribution is 2.21. The van der Waals surface area contributed by atoms with E-state index in [1.807, 2.05) is 0 Å². The van der Waals surface area contributed by atoms with Crippen LogP contribution < -0.4 is 21.7 Å². The lowest BCUT2D eigenvalue weighted by atomic mass is 10.2. The first-order chi connectivity index (χ1) is 12.7. The van der Waals surface area contributed by atoms with E-state index in [1.165, 1.54) is 5.56 Å². The van der Waals surface area contributed by atoms with Crippen molar-refractivity contribution in [2.75, 3.05) is 49.9 Å². The molecule has 140 valence electrons. The third kappa shape index (κ3) is 5.54. The molecule has 3 rings (SSSR count). The van der Waals surface area contributed by atoms with Gasteiger partial charge in [0, 0.05) is 45.0 Å². The largest absolute Gasteiger partial charge is 0.369 e. The van der Waals surface area contributed by atoms with Crippen LogP contribution in [-0.2, 0) is 6.54 Å². The van der Waals surface area contributed by atoms with Crippen LogP contribution in [0.1, 0.15) is 12.0 Å². The zero-order valence-corrected chi connectivity index (χ0v) is 15.6. The second kappa shape index (κ2) is 9.68. The second-order valence-electron chi connectivity index (χ2n) is 6.31. The Labute approximate surface area is 159 Å². The van der Waals surface area contributed by atoms with E-state index in [4.69, 9.17) is 17.3 Å². The molecule has 2 aromatic rings. The molecule has 0 amide bonds. The summed E-state index contributed by atoms with van der Waals surface area (Å²) >= 11 is 6.14.